The van der Waals surface area contributed by atoms with Crippen LogP contribution in [0.3, 0.4) is 0 Å². The van der Waals surface area contributed by atoms with Crippen molar-refractivity contribution in [1.82, 2.24) is 0 Å². The third-order valence-corrected chi connectivity index (χ3v) is 6.58. The van der Waals surface area contributed by atoms with Gasteiger partial charge in [0.05, 0.1) is 24.5 Å². The van der Waals surface area contributed by atoms with E-state index in [2.05, 4.69) is 5.32 Å². The summed E-state index contributed by atoms with van der Waals surface area (Å²) in [4.78, 5) is 39.7. The van der Waals surface area contributed by atoms with E-state index in [9.17, 15) is 14.4 Å². The molecule has 168 valence electrons. The summed E-state index contributed by atoms with van der Waals surface area (Å²) in [6.45, 7) is 0. The highest BCUT2D eigenvalue weighted by Gasteiger charge is 2.40. The number of halogens is 1. The van der Waals surface area contributed by atoms with Gasteiger partial charge in [-0.2, -0.15) is 0 Å². The van der Waals surface area contributed by atoms with Crippen LogP contribution in [0.15, 0.2) is 77.7 Å². The van der Waals surface area contributed by atoms with Crippen LogP contribution in [0, 0.1) is 0 Å². The number of carbonyl (C=O) groups excluding carboxylic acids is 3. The summed E-state index contributed by atoms with van der Waals surface area (Å²) in [5.41, 5.74) is 2.06. The number of methoxy groups -OCH3 is 1. The molecular formula is C25H21ClN2O4S. The number of thioether (sulfide) groups is 1. The highest BCUT2D eigenvalue weighted by molar-refractivity contribution is 8.00. The fourth-order valence-corrected chi connectivity index (χ4v) is 4.65. The van der Waals surface area contributed by atoms with Crippen LogP contribution in [0.2, 0.25) is 5.02 Å². The van der Waals surface area contributed by atoms with Crippen LogP contribution in [0.5, 0.6) is 5.75 Å². The molecule has 1 fully saturated rings. The number of benzene rings is 3. The Bertz CT molecular complexity index is 1160. The van der Waals surface area contributed by atoms with Crippen molar-refractivity contribution < 1.29 is 19.1 Å². The van der Waals surface area contributed by atoms with Gasteiger partial charge in [-0.15, -0.1) is 11.8 Å². The molecular weight excluding hydrogens is 460 g/mol. The van der Waals surface area contributed by atoms with Gasteiger partial charge in [-0.05, 0) is 66.2 Å². The average molecular weight is 481 g/mol. The Hall–Kier alpha value is -3.29. The fraction of sp³-hybridized carbons (Fsp3) is 0.160. The van der Waals surface area contributed by atoms with Crippen LogP contribution in [-0.2, 0) is 20.8 Å². The van der Waals surface area contributed by atoms with Gasteiger partial charge in [0, 0.05) is 22.0 Å². The lowest BCUT2D eigenvalue weighted by Crippen LogP contribution is -2.31. The number of hydrogen-bond donors (Lipinski definition) is 1. The second-order valence-electron chi connectivity index (χ2n) is 7.45. The Labute approximate surface area is 200 Å². The van der Waals surface area contributed by atoms with Gasteiger partial charge in [-0.3, -0.25) is 14.4 Å². The van der Waals surface area contributed by atoms with Crippen LogP contribution in [-0.4, -0.2) is 30.1 Å². The normalized spacial score (nSPS) is 15.6. The number of nitrogens with zero attached hydrogens (tertiary/aromatic N) is 1. The Balaban J connectivity index is 1.35. The number of carbonyl (C=O) groups is 3. The maximum Gasteiger partial charge on any atom is 0.247 e. The van der Waals surface area contributed by atoms with Crippen molar-refractivity contribution in [2.24, 2.45) is 0 Å². The quantitative estimate of drug-likeness (QED) is 0.484. The van der Waals surface area contributed by atoms with Gasteiger partial charge in [0.2, 0.25) is 17.7 Å². The third-order valence-electron chi connectivity index (χ3n) is 5.13. The number of anilines is 2. The molecule has 0 bridgehead atoms. The molecule has 1 unspecified atom stereocenters. The second-order valence-corrected chi connectivity index (χ2v) is 9.16. The van der Waals surface area contributed by atoms with Gasteiger partial charge in [-0.1, -0.05) is 23.7 Å². The minimum atomic E-state index is -0.495. The molecule has 0 aliphatic carbocycles. The first-order valence-electron chi connectivity index (χ1n) is 10.2. The standard InChI is InChI=1S/C25H21ClN2O4S/c1-32-20-10-8-19(9-11-20)28-24(30)15-22(25(28)31)33-21-12-6-18(7-13-21)27-23(29)14-16-2-4-17(26)5-3-16/h2-13,22H,14-15H2,1H3,(H,27,29). The maximum absolute atomic E-state index is 12.9. The summed E-state index contributed by atoms with van der Waals surface area (Å²) in [5, 5.41) is 2.99. The Morgan fingerprint density at radius 2 is 1.70 bits per heavy atom. The zero-order valence-electron chi connectivity index (χ0n) is 17.8. The molecule has 8 heteroatoms. The van der Waals surface area contributed by atoms with Crippen LogP contribution in [0.1, 0.15) is 12.0 Å². The molecule has 1 N–H and O–H groups in total. The second kappa shape index (κ2) is 10.1. The van der Waals surface area contributed by atoms with E-state index in [-0.39, 0.29) is 30.6 Å². The monoisotopic (exact) mass is 480 g/mol. The SMILES string of the molecule is COc1ccc(N2C(=O)CC(Sc3ccc(NC(=O)Cc4ccc(Cl)cc4)cc3)C2=O)cc1. The Kier molecular flexibility index (Phi) is 7.01. The van der Waals surface area contributed by atoms with E-state index < -0.39 is 5.25 Å². The lowest BCUT2D eigenvalue weighted by molar-refractivity contribution is -0.121. The van der Waals surface area contributed by atoms with Crippen molar-refractivity contribution in [2.45, 2.75) is 23.0 Å². The topological polar surface area (TPSA) is 75.7 Å². The summed E-state index contributed by atoms with van der Waals surface area (Å²) >= 11 is 7.21. The van der Waals surface area contributed by atoms with E-state index >= 15 is 0 Å². The number of nitrogens with one attached hydrogen (secondary N) is 1. The molecule has 33 heavy (non-hydrogen) atoms. The highest BCUT2D eigenvalue weighted by atomic mass is 35.5. The molecule has 3 aromatic rings. The van der Waals surface area contributed by atoms with Crippen molar-refractivity contribution in [3.05, 3.63) is 83.4 Å². The molecule has 1 atom stereocenters. The van der Waals surface area contributed by atoms with Gasteiger partial charge < -0.3 is 10.1 Å². The number of hydrogen-bond acceptors (Lipinski definition) is 5. The number of amides is 3. The van der Waals surface area contributed by atoms with E-state index in [1.54, 1.807) is 55.6 Å². The van der Waals surface area contributed by atoms with Gasteiger partial charge >= 0.3 is 0 Å². The van der Waals surface area contributed by atoms with Gasteiger partial charge in [0.1, 0.15) is 5.75 Å². The molecule has 1 aliphatic rings. The molecule has 0 saturated carbocycles. The molecule has 0 radical (unpaired) electrons. The maximum atomic E-state index is 12.9. The summed E-state index contributed by atoms with van der Waals surface area (Å²) in [6.07, 6.45) is 0.378. The number of rotatable bonds is 7. The summed E-state index contributed by atoms with van der Waals surface area (Å²) in [5.74, 6) is 0.0535. The third kappa shape index (κ3) is 5.56. The van der Waals surface area contributed by atoms with Crippen LogP contribution < -0.4 is 15.0 Å². The molecule has 3 amide bonds. The lowest BCUT2D eigenvalue weighted by Gasteiger charge is -2.15. The fourth-order valence-electron chi connectivity index (χ4n) is 3.47. The number of imide groups is 1. The average Bonchev–Trinajstić information content (AvgIpc) is 3.09. The van der Waals surface area contributed by atoms with Gasteiger partial charge in [-0.25, -0.2) is 4.90 Å². The smallest absolute Gasteiger partial charge is 0.247 e. The first kappa shape index (κ1) is 22.9. The zero-order chi connectivity index (χ0) is 23.4. The van der Waals surface area contributed by atoms with Crippen LogP contribution in [0.4, 0.5) is 11.4 Å². The predicted octanol–water partition coefficient (Wildman–Crippen LogP) is 4.95. The molecule has 1 heterocycles. The first-order chi connectivity index (χ1) is 15.9. The highest BCUT2D eigenvalue weighted by Crippen LogP contribution is 2.34. The minimum absolute atomic E-state index is 0.134. The van der Waals surface area contributed by atoms with E-state index in [4.69, 9.17) is 16.3 Å². The van der Waals surface area contributed by atoms with Crippen molar-refractivity contribution in [3.8, 4) is 5.75 Å². The summed E-state index contributed by atoms with van der Waals surface area (Å²) in [7, 11) is 1.56. The molecule has 6 nitrogen and oxygen atoms in total. The van der Waals surface area contributed by atoms with E-state index in [1.807, 2.05) is 24.3 Å². The molecule has 4 rings (SSSR count). The first-order valence-corrected chi connectivity index (χ1v) is 11.5. The van der Waals surface area contributed by atoms with Crippen molar-refractivity contribution in [3.63, 3.8) is 0 Å². The molecule has 3 aromatic carbocycles. The largest absolute Gasteiger partial charge is 0.497 e. The lowest BCUT2D eigenvalue weighted by atomic mass is 10.1. The van der Waals surface area contributed by atoms with Crippen LogP contribution >= 0.6 is 23.4 Å². The molecule has 0 aromatic heterocycles. The number of ether oxygens (including phenoxy) is 1. The summed E-state index contributed by atoms with van der Waals surface area (Å²) in [6, 6.07) is 21.2. The Morgan fingerprint density at radius 1 is 1.03 bits per heavy atom. The molecule has 0 spiro atoms. The molecule has 1 saturated heterocycles. The minimum Gasteiger partial charge on any atom is -0.497 e. The van der Waals surface area contributed by atoms with E-state index in [0.29, 0.717) is 22.1 Å². The predicted molar refractivity (Wildman–Crippen MR) is 130 cm³/mol. The van der Waals surface area contributed by atoms with Crippen molar-refractivity contribution in [2.75, 3.05) is 17.3 Å². The van der Waals surface area contributed by atoms with E-state index in [1.165, 1.54) is 16.7 Å². The van der Waals surface area contributed by atoms with Crippen LogP contribution in [0.25, 0.3) is 0 Å². The Morgan fingerprint density at radius 3 is 2.33 bits per heavy atom. The van der Waals surface area contributed by atoms with Crippen molar-refractivity contribution >= 4 is 52.5 Å². The summed E-state index contributed by atoms with van der Waals surface area (Å²) < 4.78 is 5.13. The van der Waals surface area contributed by atoms with Gasteiger partial charge in [0.15, 0.2) is 0 Å². The van der Waals surface area contributed by atoms with Crippen molar-refractivity contribution in [1.29, 1.82) is 0 Å². The zero-order valence-corrected chi connectivity index (χ0v) is 19.4. The molecule has 1 aliphatic heterocycles. The van der Waals surface area contributed by atoms with E-state index in [0.717, 1.165) is 10.5 Å². The van der Waals surface area contributed by atoms with Gasteiger partial charge in [0.25, 0.3) is 0 Å².